The Morgan fingerprint density at radius 1 is 0.643 bits per heavy atom. The Balaban J connectivity index is 0.000000878. The molecule has 0 radical (unpaired) electrons. The molecule has 0 aromatic carbocycles. The molecule has 167 valence electrons. The number of nitrogens with one attached hydrogen (secondary N) is 5. The van der Waals surface area contributed by atoms with Crippen LogP contribution < -0.4 is 26.6 Å². The van der Waals surface area contributed by atoms with Gasteiger partial charge >= 0.3 is 33.3 Å². The van der Waals surface area contributed by atoms with Gasteiger partial charge in [-0.05, 0) is 25.7 Å². The predicted octanol–water partition coefficient (Wildman–Crippen LogP) is 1.31. The molecule has 0 aromatic heterocycles. The Bertz CT molecular complexity index is 399. The first-order valence-corrected chi connectivity index (χ1v) is 14.2. The van der Waals surface area contributed by atoms with Crippen LogP contribution in [-0.4, -0.2) is 74.6 Å². The molecule has 28 heavy (non-hydrogen) atoms. The Hall–Kier alpha value is 0.859. The van der Waals surface area contributed by atoms with Gasteiger partial charge < -0.3 is 31.7 Å². The summed E-state index contributed by atoms with van der Waals surface area (Å²) < 4.78 is 0. The van der Waals surface area contributed by atoms with Gasteiger partial charge in [0.25, 0.3) is 0 Å². The third-order valence-corrected chi connectivity index (χ3v) is 6.28. The normalized spacial score (nSPS) is 35.9. The molecule has 2 aliphatic carbocycles. The van der Waals surface area contributed by atoms with Gasteiger partial charge in [-0.2, -0.15) is 0 Å². The number of rotatable bonds is 1. The van der Waals surface area contributed by atoms with Gasteiger partial charge in [-0.3, -0.25) is 0 Å². The second-order valence-corrected chi connectivity index (χ2v) is 10.1. The van der Waals surface area contributed by atoms with Gasteiger partial charge in [-0.1, -0.05) is 25.7 Å². The van der Waals surface area contributed by atoms with E-state index in [4.69, 9.17) is 20.2 Å². The van der Waals surface area contributed by atoms with Crippen molar-refractivity contribution >= 4 is 20.2 Å². The van der Waals surface area contributed by atoms with E-state index < -0.39 is 0 Å². The molecule has 0 spiro atoms. The summed E-state index contributed by atoms with van der Waals surface area (Å²) in [5.41, 5.74) is 0. The molecule has 0 unspecified atom stereocenters. The van der Waals surface area contributed by atoms with Gasteiger partial charge in [0.1, 0.15) is 0 Å². The van der Waals surface area contributed by atoms with E-state index in [-0.39, 0.29) is 25.8 Å². The molecule has 2 saturated carbocycles. The molecular formula is C19H39Cl2MnN5O. The van der Waals surface area contributed by atoms with Crippen molar-refractivity contribution in [1.82, 2.24) is 26.6 Å². The van der Waals surface area contributed by atoms with Crippen LogP contribution in [0.15, 0.2) is 0 Å². The zero-order valence-electron chi connectivity index (χ0n) is 16.9. The van der Waals surface area contributed by atoms with E-state index in [2.05, 4.69) is 26.6 Å². The van der Waals surface area contributed by atoms with Crippen molar-refractivity contribution in [2.45, 2.75) is 81.6 Å². The predicted molar refractivity (Wildman–Crippen MR) is 115 cm³/mol. The first-order chi connectivity index (χ1) is 13.8. The maximum absolute atomic E-state index is 9.68. The molecule has 1 saturated heterocycles. The fourth-order valence-corrected chi connectivity index (χ4v) is 4.78. The molecule has 3 rings (SSSR count). The van der Waals surface area contributed by atoms with Crippen molar-refractivity contribution in [3.8, 4) is 0 Å². The zero-order valence-corrected chi connectivity index (χ0v) is 19.6. The second kappa shape index (κ2) is 15.6. The third kappa shape index (κ3) is 9.34. The quantitative estimate of drug-likeness (QED) is 0.319. The first kappa shape index (κ1) is 25.1. The van der Waals surface area contributed by atoms with Crippen molar-refractivity contribution in [3.63, 3.8) is 0 Å². The summed E-state index contributed by atoms with van der Waals surface area (Å²) in [6.45, 7) is 5.05. The summed E-state index contributed by atoms with van der Waals surface area (Å²) >= 11 is 0.00694. The second-order valence-electron chi connectivity index (χ2n) is 8.15. The van der Waals surface area contributed by atoms with Gasteiger partial charge in [0.05, 0.1) is 6.61 Å². The van der Waals surface area contributed by atoms with Crippen LogP contribution in [-0.2, 0) is 13.1 Å². The van der Waals surface area contributed by atoms with Gasteiger partial charge in [-0.25, -0.2) is 0 Å². The topological polar surface area (TPSA) is 80.4 Å². The molecule has 1 aliphatic heterocycles. The molecule has 1 heterocycles. The average molecular weight is 479 g/mol. The molecule has 0 amide bonds. The monoisotopic (exact) mass is 478 g/mol. The van der Waals surface area contributed by atoms with E-state index in [1.54, 1.807) is 0 Å². The van der Waals surface area contributed by atoms with Crippen LogP contribution in [0, 0.1) is 0 Å². The van der Waals surface area contributed by atoms with E-state index in [9.17, 15) is 5.11 Å². The van der Waals surface area contributed by atoms with Crippen molar-refractivity contribution in [3.05, 3.63) is 0 Å². The van der Waals surface area contributed by atoms with Crippen LogP contribution in [0.3, 0.4) is 0 Å². The Labute approximate surface area is 185 Å². The minimum absolute atomic E-state index is 0.00694. The Morgan fingerprint density at radius 2 is 1.00 bits per heavy atom. The zero-order chi connectivity index (χ0) is 20.0. The van der Waals surface area contributed by atoms with Crippen LogP contribution in [0.4, 0.5) is 0 Å². The Kier molecular flexibility index (Phi) is 14.0. The number of hydrogen-bond donors (Lipinski definition) is 6. The summed E-state index contributed by atoms with van der Waals surface area (Å²) in [5.74, 6) is 0. The van der Waals surface area contributed by atoms with Gasteiger partial charge in [0.15, 0.2) is 0 Å². The maximum atomic E-state index is 9.68. The Morgan fingerprint density at radius 3 is 1.39 bits per heavy atom. The molecule has 6 N–H and O–H groups in total. The molecular weight excluding hydrogens is 440 g/mol. The standard InChI is InChI=1S/C19H39N5O.2ClH.Mn/c25-14-15-13-24-19-8-4-3-7-18(19)23-12-11-22-17-6-2-1-5-16(17)21-10-9-20-15;;;/h15-25H,1-14H2;2*1H;/q;;;+2/p-2/t15-,16+,17+,18+,19+;;;/m0.../s1. The van der Waals surface area contributed by atoms with Crippen LogP contribution in [0.1, 0.15) is 51.4 Å². The van der Waals surface area contributed by atoms with Crippen LogP contribution in [0.2, 0.25) is 0 Å². The van der Waals surface area contributed by atoms with Crippen LogP contribution in [0.5, 0.6) is 0 Å². The molecule has 5 atom stereocenters. The fourth-order valence-electron chi connectivity index (χ4n) is 4.78. The average Bonchev–Trinajstić information content (AvgIpc) is 2.73. The number of fused-ring (bicyclic) bond motifs is 2. The van der Waals surface area contributed by atoms with Crippen molar-refractivity contribution in [2.24, 2.45) is 0 Å². The van der Waals surface area contributed by atoms with Gasteiger partial charge in [-0.15, -0.1) is 0 Å². The third-order valence-electron chi connectivity index (χ3n) is 6.28. The van der Waals surface area contributed by atoms with E-state index in [0.29, 0.717) is 24.2 Å². The summed E-state index contributed by atoms with van der Waals surface area (Å²) in [6, 6.07) is 2.45. The van der Waals surface area contributed by atoms with Crippen molar-refractivity contribution in [2.75, 3.05) is 39.3 Å². The number of halogens is 2. The molecule has 0 aromatic rings. The summed E-state index contributed by atoms with van der Waals surface area (Å²) in [6.07, 6.45) is 10.4. The van der Waals surface area contributed by atoms with E-state index in [1.807, 2.05) is 0 Å². The SMILES string of the molecule is OC[C@@H]1CN[C@@H]2CCCC[C@H]2NCCN[C@@H]2CCCC[C@H]2NCCN1.[Cl][Mn][Cl]. The molecule has 3 fully saturated rings. The van der Waals surface area contributed by atoms with Crippen molar-refractivity contribution < 1.29 is 18.2 Å². The molecule has 6 nitrogen and oxygen atoms in total. The molecule has 0 bridgehead atoms. The van der Waals surface area contributed by atoms with Crippen LogP contribution in [0.25, 0.3) is 0 Å². The summed E-state index contributed by atoms with van der Waals surface area (Å²) in [5, 5.41) is 28.2. The van der Waals surface area contributed by atoms with Crippen molar-refractivity contribution in [1.29, 1.82) is 0 Å². The first-order valence-electron chi connectivity index (χ1n) is 10.9. The minimum atomic E-state index is 0.00694. The van der Waals surface area contributed by atoms with Gasteiger partial charge in [0, 0.05) is 62.9 Å². The number of hydrogen-bond acceptors (Lipinski definition) is 6. The summed E-state index contributed by atoms with van der Waals surface area (Å²) in [7, 11) is 9.59. The number of aliphatic hydroxyl groups excluding tert-OH is 1. The molecule has 3 aliphatic rings. The summed E-state index contributed by atoms with van der Waals surface area (Å²) in [4.78, 5) is 0. The number of aliphatic hydroxyl groups is 1. The fraction of sp³-hybridized carbons (Fsp3) is 1.00. The van der Waals surface area contributed by atoms with Crippen LogP contribution >= 0.6 is 20.2 Å². The molecule has 9 heteroatoms. The van der Waals surface area contributed by atoms with E-state index >= 15 is 0 Å². The van der Waals surface area contributed by atoms with E-state index in [1.165, 1.54) is 51.4 Å². The van der Waals surface area contributed by atoms with Gasteiger partial charge in [0.2, 0.25) is 0 Å². The van der Waals surface area contributed by atoms with E-state index in [0.717, 1.165) is 32.7 Å².